The lowest BCUT2D eigenvalue weighted by atomic mass is 9.90. The molecule has 0 aliphatic rings. The second-order valence-corrected chi connectivity index (χ2v) is 4.71. The molecule has 0 aromatic heterocycles. The molecule has 0 radical (unpaired) electrons. The maximum absolute atomic E-state index is 11.6. The minimum absolute atomic E-state index is 0.113. The van der Waals surface area contributed by atoms with Crippen molar-refractivity contribution in [3.8, 4) is 6.07 Å². The van der Waals surface area contributed by atoms with Crippen molar-refractivity contribution in [2.75, 3.05) is 6.54 Å². The standard InChI is InChI=1S/C12H22N2O/c1-5-7-10(8-13)11(15)14-9-12(3,4)6-2/h10H,5-7,9H2,1-4H3,(H,14,15). The van der Waals surface area contributed by atoms with E-state index in [1.807, 2.05) is 13.0 Å². The minimum atomic E-state index is -0.484. The quantitative estimate of drug-likeness (QED) is 0.732. The predicted octanol–water partition coefficient (Wildman–Crippen LogP) is 2.48. The Kier molecular flexibility index (Phi) is 6.00. The summed E-state index contributed by atoms with van der Waals surface area (Å²) in [6.07, 6.45) is 2.52. The van der Waals surface area contributed by atoms with Crippen molar-refractivity contribution in [3.05, 3.63) is 0 Å². The van der Waals surface area contributed by atoms with Crippen LogP contribution in [0.4, 0.5) is 0 Å². The van der Waals surface area contributed by atoms with E-state index >= 15 is 0 Å². The van der Waals surface area contributed by atoms with E-state index in [0.29, 0.717) is 13.0 Å². The number of hydrogen-bond acceptors (Lipinski definition) is 2. The highest BCUT2D eigenvalue weighted by atomic mass is 16.1. The fourth-order valence-electron chi connectivity index (χ4n) is 1.12. The Labute approximate surface area is 92.9 Å². The largest absolute Gasteiger partial charge is 0.354 e. The summed E-state index contributed by atoms with van der Waals surface area (Å²) in [5.41, 5.74) is 0.113. The average molecular weight is 210 g/mol. The van der Waals surface area contributed by atoms with Gasteiger partial charge in [-0.3, -0.25) is 4.79 Å². The van der Waals surface area contributed by atoms with Crippen LogP contribution < -0.4 is 5.32 Å². The molecular formula is C12H22N2O. The molecular weight excluding hydrogens is 188 g/mol. The van der Waals surface area contributed by atoms with Crippen molar-refractivity contribution < 1.29 is 4.79 Å². The molecule has 1 unspecified atom stereocenters. The molecule has 0 aromatic carbocycles. The summed E-state index contributed by atoms with van der Waals surface area (Å²) in [7, 11) is 0. The highest BCUT2D eigenvalue weighted by Gasteiger charge is 2.20. The Hall–Kier alpha value is -1.04. The fourth-order valence-corrected chi connectivity index (χ4v) is 1.12. The van der Waals surface area contributed by atoms with Gasteiger partial charge in [-0.15, -0.1) is 0 Å². The zero-order valence-corrected chi connectivity index (χ0v) is 10.3. The Bertz CT molecular complexity index is 240. The van der Waals surface area contributed by atoms with Crippen LogP contribution in [-0.4, -0.2) is 12.5 Å². The monoisotopic (exact) mass is 210 g/mol. The van der Waals surface area contributed by atoms with Gasteiger partial charge in [0.15, 0.2) is 0 Å². The second-order valence-electron chi connectivity index (χ2n) is 4.71. The lowest BCUT2D eigenvalue weighted by molar-refractivity contribution is -0.124. The van der Waals surface area contributed by atoms with Crippen LogP contribution in [0.15, 0.2) is 0 Å². The van der Waals surface area contributed by atoms with Gasteiger partial charge >= 0.3 is 0 Å². The molecule has 1 amide bonds. The molecule has 0 saturated carbocycles. The summed E-state index contributed by atoms with van der Waals surface area (Å²) in [5, 5.41) is 11.7. The Balaban J connectivity index is 4.08. The van der Waals surface area contributed by atoms with E-state index in [-0.39, 0.29) is 11.3 Å². The molecule has 86 valence electrons. The first-order valence-electron chi connectivity index (χ1n) is 5.64. The van der Waals surface area contributed by atoms with Gasteiger partial charge in [-0.1, -0.05) is 34.1 Å². The van der Waals surface area contributed by atoms with Crippen LogP contribution in [0.5, 0.6) is 0 Å². The van der Waals surface area contributed by atoms with Gasteiger partial charge in [0.05, 0.1) is 6.07 Å². The van der Waals surface area contributed by atoms with Crippen molar-refractivity contribution in [1.82, 2.24) is 5.32 Å². The molecule has 0 aliphatic carbocycles. The summed E-state index contributed by atoms with van der Waals surface area (Å²) in [5.74, 6) is -0.608. The molecule has 0 rings (SSSR count). The number of carbonyl (C=O) groups is 1. The zero-order valence-electron chi connectivity index (χ0n) is 10.3. The highest BCUT2D eigenvalue weighted by molar-refractivity contribution is 5.80. The fraction of sp³-hybridized carbons (Fsp3) is 0.833. The van der Waals surface area contributed by atoms with Gasteiger partial charge in [0.25, 0.3) is 0 Å². The van der Waals surface area contributed by atoms with Gasteiger partial charge < -0.3 is 5.32 Å². The van der Waals surface area contributed by atoms with Gasteiger partial charge in [-0.2, -0.15) is 5.26 Å². The lowest BCUT2D eigenvalue weighted by Crippen LogP contribution is -2.37. The van der Waals surface area contributed by atoms with Crippen LogP contribution in [0, 0.1) is 22.7 Å². The number of carbonyl (C=O) groups excluding carboxylic acids is 1. The van der Waals surface area contributed by atoms with Crippen molar-refractivity contribution in [2.45, 2.75) is 47.0 Å². The summed E-state index contributed by atoms with van der Waals surface area (Å²) >= 11 is 0. The molecule has 0 aromatic rings. The third kappa shape index (κ3) is 5.41. The predicted molar refractivity (Wildman–Crippen MR) is 61.1 cm³/mol. The summed E-state index contributed by atoms with van der Waals surface area (Å²) in [4.78, 5) is 11.6. The minimum Gasteiger partial charge on any atom is -0.354 e. The van der Waals surface area contributed by atoms with E-state index in [0.717, 1.165) is 12.8 Å². The topological polar surface area (TPSA) is 52.9 Å². The molecule has 0 spiro atoms. The normalized spacial score (nSPS) is 13.0. The molecule has 3 heteroatoms. The van der Waals surface area contributed by atoms with E-state index in [1.54, 1.807) is 0 Å². The van der Waals surface area contributed by atoms with Crippen LogP contribution >= 0.6 is 0 Å². The Morgan fingerprint density at radius 1 is 1.47 bits per heavy atom. The zero-order chi connectivity index (χ0) is 11.9. The van der Waals surface area contributed by atoms with Crippen LogP contribution in [0.2, 0.25) is 0 Å². The van der Waals surface area contributed by atoms with Gasteiger partial charge in [0, 0.05) is 6.54 Å². The number of nitrogens with one attached hydrogen (secondary N) is 1. The third-order valence-corrected chi connectivity index (χ3v) is 2.75. The van der Waals surface area contributed by atoms with Crippen LogP contribution in [0.25, 0.3) is 0 Å². The number of hydrogen-bond donors (Lipinski definition) is 1. The smallest absolute Gasteiger partial charge is 0.237 e. The van der Waals surface area contributed by atoms with Crippen LogP contribution in [0.1, 0.15) is 47.0 Å². The summed E-state index contributed by atoms with van der Waals surface area (Å²) < 4.78 is 0. The molecule has 0 bridgehead atoms. The molecule has 0 saturated heterocycles. The highest BCUT2D eigenvalue weighted by Crippen LogP contribution is 2.18. The molecule has 0 fully saturated rings. The second kappa shape index (κ2) is 6.44. The van der Waals surface area contributed by atoms with Gasteiger partial charge in [0.2, 0.25) is 5.91 Å². The van der Waals surface area contributed by atoms with E-state index in [2.05, 4.69) is 26.1 Å². The Morgan fingerprint density at radius 2 is 2.07 bits per heavy atom. The van der Waals surface area contributed by atoms with Crippen molar-refractivity contribution >= 4 is 5.91 Å². The Morgan fingerprint density at radius 3 is 2.47 bits per heavy atom. The lowest BCUT2D eigenvalue weighted by Gasteiger charge is -2.23. The van der Waals surface area contributed by atoms with E-state index in [1.165, 1.54) is 0 Å². The number of amides is 1. The van der Waals surface area contributed by atoms with Crippen molar-refractivity contribution in [3.63, 3.8) is 0 Å². The number of nitriles is 1. The van der Waals surface area contributed by atoms with E-state index < -0.39 is 5.92 Å². The van der Waals surface area contributed by atoms with Crippen molar-refractivity contribution in [2.24, 2.45) is 11.3 Å². The van der Waals surface area contributed by atoms with Gasteiger partial charge in [-0.05, 0) is 18.3 Å². The SMILES string of the molecule is CCCC(C#N)C(=O)NCC(C)(C)CC. The molecule has 0 heterocycles. The summed E-state index contributed by atoms with van der Waals surface area (Å²) in [6.45, 7) is 8.93. The number of nitrogens with zero attached hydrogens (tertiary/aromatic N) is 1. The first-order valence-corrected chi connectivity index (χ1v) is 5.64. The van der Waals surface area contributed by atoms with Crippen LogP contribution in [0.3, 0.4) is 0 Å². The van der Waals surface area contributed by atoms with Gasteiger partial charge in [-0.25, -0.2) is 0 Å². The van der Waals surface area contributed by atoms with E-state index in [4.69, 9.17) is 5.26 Å². The molecule has 1 atom stereocenters. The summed E-state index contributed by atoms with van der Waals surface area (Å²) in [6, 6.07) is 2.04. The number of rotatable bonds is 6. The maximum atomic E-state index is 11.6. The molecule has 15 heavy (non-hydrogen) atoms. The molecule has 0 aliphatic heterocycles. The first-order chi connectivity index (χ1) is 6.96. The molecule has 1 N–H and O–H groups in total. The van der Waals surface area contributed by atoms with Crippen molar-refractivity contribution in [1.29, 1.82) is 5.26 Å². The third-order valence-electron chi connectivity index (χ3n) is 2.75. The maximum Gasteiger partial charge on any atom is 0.237 e. The van der Waals surface area contributed by atoms with Gasteiger partial charge in [0.1, 0.15) is 5.92 Å². The van der Waals surface area contributed by atoms with Crippen LogP contribution in [-0.2, 0) is 4.79 Å². The molecule has 3 nitrogen and oxygen atoms in total. The van der Waals surface area contributed by atoms with E-state index in [9.17, 15) is 4.79 Å². The average Bonchev–Trinajstić information content (AvgIpc) is 2.22. The first kappa shape index (κ1) is 14.0.